The molecule has 0 saturated heterocycles. The summed E-state index contributed by atoms with van der Waals surface area (Å²) in [4.78, 5) is 2.64. The Morgan fingerprint density at radius 2 is 2.05 bits per heavy atom. The fraction of sp³-hybridized carbons (Fsp3) is 0.375. The van der Waals surface area contributed by atoms with Crippen LogP contribution in [0.15, 0.2) is 30.3 Å². The molecule has 1 aromatic carbocycles. The summed E-state index contributed by atoms with van der Waals surface area (Å²) in [5.74, 6) is 0.924. The van der Waals surface area contributed by atoms with Gasteiger partial charge in [0.05, 0.1) is 7.11 Å². The van der Waals surface area contributed by atoms with E-state index in [-0.39, 0.29) is 6.04 Å². The molecule has 0 saturated carbocycles. The van der Waals surface area contributed by atoms with E-state index < -0.39 is 0 Å². The molecule has 0 aliphatic heterocycles. The maximum Gasteiger partial charge on any atom is 0.122 e. The van der Waals surface area contributed by atoms with Crippen LogP contribution in [-0.4, -0.2) is 7.11 Å². The van der Waals surface area contributed by atoms with Crippen LogP contribution >= 0.6 is 11.3 Å². The van der Waals surface area contributed by atoms with Crippen molar-refractivity contribution in [2.24, 2.45) is 5.73 Å². The van der Waals surface area contributed by atoms with Crippen molar-refractivity contribution in [3.8, 4) is 5.75 Å². The molecular weight excluding hydrogens is 254 g/mol. The van der Waals surface area contributed by atoms with E-state index in [1.165, 1.54) is 20.9 Å². The van der Waals surface area contributed by atoms with Gasteiger partial charge < -0.3 is 10.5 Å². The fourth-order valence-electron chi connectivity index (χ4n) is 2.19. The lowest BCUT2D eigenvalue weighted by molar-refractivity contribution is 0.408. The Labute approximate surface area is 119 Å². The van der Waals surface area contributed by atoms with Gasteiger partial charge >= 0.3 is 0 Å². The van der Waals surface area contributed by atoms with Gasteiger partial charge in [-0.15, -0.1) is 11.3 Å². The molecule has 2 aromatic rings. The third-order valence-corrected chi connectivity index (χ3v) is 4.63. The van der Waals surface area contributed by atoms with Crippen molar-refractivity contribution < 1.29 is 4.74 Å². The van der Waals surface area contributed by atoms with E-state index in [0.717, 1.165) is 18.6 Å². The van der Waals surface area contributed by atoms with E-state index in [2.05, 4.69) is 38.1 Å². The van der Waals surface area contributed by atoms with E-state index in [1.54, 1.807) is 7.11 Å². The molecule has 0 bridgehead atoms. The van der Waals surface area contributed by atoms with Crippen molar-refractivity contribution in [2.75, 3.05) is 7.11 Å². The van der Waals surface area contributed by atoms with Gasteiger partial charge in [-0.05, 0) is 43.5 Å². The second-order valence-electron chi connectivity index (χ2n) is 4.78. The van der Waals surface area contributed by atoms with Crippen LogP contribution in [0.5, 0.6) is 5.75 Å². The van der Waals surface area contributed by atoms with Crippen LogP contribution in [-0.2, 0) is 12.8 Å². The van der Waals surface area contributed by atoms with E-state index in [0.29, 0.717) is 0 Å². The molecule has 0 aliphatic carbocycles. The molecule has 0 amide bonds. The molecule has 1 heterocycles. The first kappa shape index (κ1) is 14.1. The van der Waals surface area contributed by atoms with Crippen molar-refractivity contribution in [3.05, 3.63) is 51.2 Å². The highest BCUT2D eigenvalue weighted by Gasteiger charge is 2.13. The molecule has 2 nitrogen and oxygen atoms in total. The predicted octanol–water partition coefficient (Wildman–Crippen LogP) is 3.87. The van der Waals surface area contributed by atoms with Crippen molar-refractivity contribution in [1.29, 1.82) is 0 Å². The van der Waals surface area contributed by atoms with Gasteiger partial charge in [0.15, 0.2) is 0 Å². The number of methoxy groups -OCH3 is 1. The zero-order valence-electron chi connectivity index (χ0n) is 11.8. The number of hydrogen-bond acceptors (Lipinski definition) is 3. The molecule has 0 spiro atoms. The zero-order valence-corrected chi connectivity index (χ0v) is 12.6. The van der Waals surface area contributed by atoms with Gasteiger partial charge in [0.25, 0.3) is 0 Å². The Bertz CT molecular complexity index is 547. The van der Waals surface area contributed by atoms with Gasteiger partial charge in [0, 0.05) is 15.8 Å². The summed E-state index contributed by atoms with van der Waals surface area (Å²) in [6.45, 7) is 4.26. The fourth-order valence-corrected chi connectivity index (χ4v) is 3.14. The topological polar surface area (TPSA) is 35.2 Å². The number of hydrogen-bond donors (Lipinski definition) is 1. The highest BCUT2D eigenvalue weighted by molar-refractivity contribution is 7.12. The first-order valence-electron chi connectivity index (χ1n) is 6.61. The second-order valence-corrected chi connectivity index (χ2v) is 5.98. The largest absolute Gasteiger partial charge is 0.496 e. The maximum absolute atomic E-state index is 6.32. The van der Waals surface area contributed by atoms with Crippen molar-refractivity contribution in [1.82, 2.24) is 0 Å². The SMILES string of the molecule is CCc1ccc(C(N)Cc2cc(C)ccc2OC)s1. The monoisotopic (exact) mass is 275 g/mol. The first-order chi connectivity index (χ1) is 9.13. The lowest BCUT2D eigenvalue weighted by Crippen LogP contribution is -2.12. The molecule has 0 aliphatic rings. The zero-order chi connectivity index (χ0) is 13.8. The van der Waals surface area contributed by atoms with Crippen molar-refractivity contribution in [3.63, 3.8) is 0 Å². The normalized spacial score (nSPS) is 12.4. The summed E-state index contributed by atoms with van der Waals surface area (Å²) in [6, 6.07) is 10.6. The second kappa shape index (κ2) is 6.22. The first-order valence-corrected chi connectivity index (χ1v) is 7.43. The molecule has 1 aromatic heterocycles. The van der Waals surface area contributed by atoms with Gasteiger partial charge in [-0.3, -0.25) is 0 Å². The number of ether oxygens (including phenoxy) is 1. The number of rotatable bonds is 5. The smallest absolute Gasteiger partial charge is 0.122 e. The third kappa shape index (κ3) is 3.37. The van der Waals surface area contributed by atoms with Crippen molar-refractivity contribution in [2.45, 2.75) is 32.7 Å². The number of nitrogens with two attached hydrogens (primary N) is 1. The Kier molecular flexibility index (Phi) is 4.61. The van der Waals surface area contributed by atoms with Crippen LogP contribution in [0.1, 0.15) is 33.8 Å². The molecule has 2 rings (SSSR count). The van der Waals surface area contributed by atoms with E-state index in [9.17, 15) is 0 Å². The molecule has 1 unspecified atom stereocenters. The highest BCUT2D eigenvalue weighted by atomic mass is 32.1. The van der Waals surface area contributed by atoms with Gasteiger partial charge in [0.2, 0.25) is 0 Å². The van der Waals surface area contributed by atoms with Gasteiger partial charge in [-0.2, -0.15) is 0 Å². The summed E-state index contributed by atoms with van der Waals surface area (Å²) in [6.07, 6.45) is 1.89. The average molecular weight is 275 g/mol. The number of aryl methyl sites for hydroxylation is 2. The molecule has 0 radical (unpaired) electrons. The van der Waals surface area contributed by atoms with Gasteiger partial charge in [-0.1, -0.05) is 24.6 Å². The maximum atomic E-state index is 6.32. The summed E-state index contributed by atoms with van der Waals surface area (Å²) in [7, 11) is 1.71. The van der Waals surface area contributed by atoms with Crippen LogP contribution in [0, 0.1) is 6.92 Å². The van der Waals surface area contributed by atoms with Crippen LogP contribution < -0.4 is 10.5 Å². The molecule has 0 fully saturated rings. The highest BCUT2D eigenvalue weighted by Crippen LogP contribution is 2.28. The van der Waals surface area contributed by atoms with Crippen LogP contribution in [0.3, 0.4) is 0 Å². The molecule has 102 valence electrons. The molecule has 3 heteroatoms. The number of benzene rings is 1. The minimum absolute atomic E-state index is 0.0426. The van der Waals surface area contributed by atoms with Gasteiger partial charge in [0.1, 0.15) is 5.75 Å². The summed E-state index contributed by atoms with van der Waals surface area (Å²) in [5, 5.41) is 0. The lowest BCUT2D eigenvalue weighted by Gasteiger charge is -2.13. The van der Waals surface area contributed by atoms with E-state index in [4.69, 9.17) is 10.5 Å². The quantitative estimate of drug-likeness (QED) is 0.899. The Hall–Kier alpha value is -1.32. The summed E-state index contributed by atoms with van der Waals surface area (Å²) < 4.78 is 5.41. The molecule has 2 N–H and O–H groups in total. The minimum Gasteiger partial charge on any atom is -0.496 e. The van der Waals surface area contributed by atoms with Crippen LogP contribution in [0.4, 0.5) is 0 Å². The Morgan fingerprint density at radius 3 is 2.68 bits per heavy atom. The number of thiophene rings is 1. The summed E-state index contributed by atoms with van der Waals surface area (Å²) in [5.41, 5.74) is 8.74. The average Bonchev–Trinajstić information content (AvgIpc) is 2.88. The molecular formula is C16H21NOS. The summed E-state index contributed by atoms with van der Waals surface area (Å²) >= 11 is 1.81. The predicted molar refractivity (Wildman–Crippen MR) is 82.1 cm³/mol. The standard InChI is InChI=1S/C16H21NOS/c1-4-13-6-8-16(19-13)14(17)10-12-9-11(2)5-7-15(12)18-3/h5-9,14H,4,10,17H2,1-3H3. The van der Waals surface area contributed by atoms with Crippen molar-refractivity contribution >= 4 is 11.3 Å². The molecule has 1 atom stereocenters. The van der Waals surface area contributed by atoms with Crippen LogP contribution in [0.25, 0.3) is 0 Å². The Balaban J connectivity index is 2.18. The lowest BCUT2D eigenvalue weighted by atomic mass is 10.0. The third-order valence-electron chi connectivity index (χ3n) is 3.27. The van der Waals surface area contributed by atoms with Crippen LogP contribution in [0.2, 0.25) is 0 Å². The van der Waals surface area contributed by atoms with E-state index in [1.807, 2.05) is 17.4 Å². The Morgan fingerprint density at radius 1 is 1.26 bits per heavy atom. The minimum atomic E-state index is 0.0426. The van der Waals surface area contributed by atoms with Gasteiger partial charge in [-0.25, -0.2) is 0 Å². The van der Waals surface area contributed by atoms with E-state index >= 15 is 0 Å². The molecule has 19 heavy (non-hydrogen) atoms.